The highest BCUT2D eigenvalue weighted by Crippen LogP contribution is 2.39. The van der Waals surface area contributed by atoms with Crippen LogP contribution in [0.3, 0.4) is 0 Å². The van der Waals surface area contributed by atoms with Gasteiger partial charge in [0.25, 0.3) is 0 Å². The first kappa shape index (κ1) is 15.5. The first-order chi connectivity index (χ1) is 8.19. The van der Waals surface area contributed by atoms with Gasteiger partial charge in [0.15, 0.2) is 5.78 Å². The van der Waals surface area contributed by atoms with Crippen molar-refractivity contribution in [2.75, 3.05) is 5.33 Å². The van der Waals surface area contributed by atoms with Crippen LogP contribution in [0.25, 0.3) is 0 Å². The summed E-state index contributed by atoms with van der Waals surface area (Å²) in [5.74, 6) is 0.140. The van der Waals surface area contributed by atoms with E-state index in [2.05, 4.69) is 21.2 Å². The van der Waals surface area contributed by atoms with Gasteiger partial charge in [-0.3, -0.25) is 4.79 Å². The number of amides is 1. The number of hydrogen-bond acceptors (Lipinski definition) is 3. The standard InChI is InChI=1S/C13H22BrNO3/c1-12(2,3)18-11(17)15-9-6-5-7-13(9,4)10(16)8-14/h9H,5-8H2,1-4H3,(H,15,17). The van der Waals surface area contributed by atoms with Crippen molar-refractivity contribution in [1.82, 2.24) is 5.32 Å². The van der Waals surface area contributed by atoms with Gasteiger partial charge in [0.2, 0.25) is 0 Å². The molecule has 2 atom stereocenters. The lowest BCUT2D eigenvalue weighted by Gasteiger charge is -2.31. The van der Waals surface area contributed by atoms with Crippen LogP contribution >= 0.6 is 15.9 Å². The Morgan fingerprint density at radius 1 is 1.44 bits per heavy atom. The molecular formula is C13H22BrNO3. The summed E-state index contributed by atoms with van der Waals surface area (Å²) in [5.41, 5.74) is -0.987. The number of halogens is 1. The Labute approximate surface area is 117 Å². The quantitative estimate of drug-likeness (QED) is 0.813. The normalized spacial score (nSPS) is 27.9. The van der Waals surface area contributed by atoms with Crippen molar-refractivity contribution >= 4 is 27.8 Å². The maximum Gasteiger partial charge on any atom is 0.407 e. The average Bonchev–Trinajstić information content (AvgIpc) is 2.57. The summed E-state index contributed by atoms with van der Waals surface area (Å²) in [5, 5.41) is 3.17. The summed E-state index contributed by atoms with van der Waals surface area (Å²) in [6, 6.07) is -0.127. The summed E-state index contributed by atoms with van der Waals surface area (Å²) in [7, 11) is 0. The molecule has 0 radical (unpaired) electrons. The monoisotopic (exact) mass is 319 g/mol. The van der Waals surface area contributed by atoms with Crippen molar-refractivity contribution in [3.63, 3.8) is 0 Å². The van der Waals surface area contributed by atoms with Gasteiger partial charge >= 0.3 is 6.09 Å². The number of carbonyl (C=O) groups is 2. The van der Waals surface area contributed by atoms with Crippen molar-refractivity contribution in [1.29, 1.82) is 0 Å². The first-order valence-corrected chi connectivity index (χ1v) is 7.40. The molecule has 1 amide bonds. The Kier molecular flexibility index (Phi) is 4.81. The van der Waals surface area contributed by atoms with Crippen LogP contribution in [0.5, 0.6) is 0 Å². The third-order valence-corrected chi connectivity index (χ3v) is 3.92. The molecule has 0 aromatic rings. The van der Waals surface area contributed by atoms with Crippen LogP contribution < -0.4 is 5.32 Å². The molecule has 0 aromatic heterocycles. The number of rotatable bonds is 3. The summed E-state index contributed by atoms with van der Waals surface area (Å²) in [6.07, 6.45) is 2.16. The second-order valence-corrected chi connectivity index (χ2v) is 6.63. The largest absolute Gasteiger partial charge is 0.444 e. The summed E-state index contributed by atoms with van der Waals surface area (Å²) < 4.78 is 5.23. The molecule has 0 spiro atoms. The summed E-state index contributed by atoms with van der Waals surface area (Å²) in [4.78, 5) is 23.7. The predicted molar refractivity (Wildman–Crippen MR) is 73.9 cm³/mol. The van der Waals surface area contributed by atoms with Crippen molar-refractivity contribution in [2.45, 2.75) is 58.6 Å². The molecule has 1 aliphatic rings. The van der Waals surface area contributed by atoms with Crippen LogP contribution in [0.2, 0.25) is 0 Å². The molecule has 18 heavy (non-hydrogen) atoms. The van der Waals surface area contributed by atoms with Crippen LogP contribution in [-0.2, 0) is 9.53 Å². The highest BCUT2D eigenvalue weighted by molar-refractivity contribution is 9.09. The van der Waals surface area contributed by atoms with Crippen molar-refractivity contribution < 1.29 is 14.3 Å². The van der Waals surface area contributed by atoms with Gasteiger partial charge in [-0.05, 0) is 33.6 Å². The number of nitrogens with one attached hydrogen (secondary N) is 1. The molecule has 104 valence electrons. The van der Waals surface area contributed by atoms with Crippen LogP contribution in [0.15, 0.2) is 0 Å². The van der Waals surface area contributed by atoms with Gasteiger partial charge in [-0.1, -0.05) is 29.3 Å². The van der Waals surface area contributed by atoms with Crippen LogP contribution in [0.1, 0.15) is 47.0 Å². The van der Waals surface area contributed by atoms with Crippen molar-refractivity contribution in [3.05, 3.63) is 0 Å². The maximum absolute atomic E-state index is 12.0. The third-order valence-electron chi connectivity index (χ3n) is 3.41. The van der Waals surface area contributed by atoms with E-state index in [-0.39, 0.29) is 11.8 Å². The number of Topliss-reactive ketones (excluding diaryl/α,β-unsaturated/α-hetero) is 1. The Hall–Kier alpha value is -0.580. The van der Waals surface area contributed by atoms with Crippen molar-refractivity contribution in [2.24, 2.45) is 5.41 Å². The minimum Gasteiger partial charge on any atom is -0.444 e. The second-order valence-electron chi connectivity index (χ2n) is 6.07. The Balaban J connectivity index is 2.66. The number of alkyl carbamates (subject to hydrolysis) is 1. The molecule has 1 saturated carbocycles. The molecule has 0 heterocycles. The van der Waals surface area contributed by atoms with Crippen LogP contribution in [0, 0.1) is 5.41 Å². The fourth-order valence-corrected chi connectivity index (χ4v) is 2.97. The summed E-state index contributed by atoms with van der Waals surface area (Å²) >= 11 is 3.21. The van der Waals surface area contributed by atoms with Crippen molar-refractivity contribution in [3.8, 4) is 0 Å². The average molecular weight is 320 g/mol. The topological polar surface area (TPSA) is 55.4 Å². The Morgan fingerprint density at radius 2 is 2.06 bits per heavy atom. The zero-order valence-corrected chi connectivity index (χ0v) is 13.1. The molecule has 0 aromatic carbocycles. The fourth-order valence-electron chi connectivity index (χ4n) is 2.33. The molecule has 1 N–H and O–H groups in total. The van der Waals surface area contributed by atoms with Gasteiger partial charge in [0.1, 0.15) is 5.60 Å². The zero-order chi connectivity index (χ0) is 14.0. The highest BCUT2D eigenvalue weighted by atomic mass is 79.9. The van der Waals surface area contributed by atoms with Gasteiger partial charge in [0, 0.05) is 11.5 Å². The SMILES string of the molecule is CC(C)(C)OC(=O)NC1CCCC1(C)C(=O)CBr. The number of hydrogen-bond donors (Lipinski definition) is 1. The van der Waals surface area contributed by atoms with E-state index >= 15 is 0 Å². The lowest BCUT2D eigenvalue weighted by atomic mass is 9.81. The molecule has 5 heteroatoms. The first-order valence-electron chi connectivity index (χ1n) is 6.28. The highest BCUT2D eigenvalue weighted by Gasteiger charge is 2.45. The van der Waals surface area contributed by atoms with E-state index < -0.39 is 17.1 Å². The molecule has 2 unspecified atom stereocenters. The van der Waals surface area contributed by atoms with E-state index in [0.717, 1.165) is 19.3 Å². The minimum atomic E-state index is -0.515. The lowest BCUT2D eigenvalue weighted by molar-refractivity contribution is -0.125. The van der Waals surface area contributed by atoms with E-state index in [1.54, 1.807) is 0 Å². The van der Waals surface area contributed by atoms with E-state index in [1.807, 2.05) is 27.7 Å². The van der Waals surface area contributed by atoms with Gasteiger partial charge in [-0.2, -0.15) is 0 Å². The molecule has 0 bridgehead atoms. The predicted octanol–water partition coefficient (Wildman–Crippen LogP) is 3.03. The van der Waals surface area contributed by atoms with E-state index in [0.29, 0.717) is 5.33 Å². The number of ether oxygens (including phenoxy) is 1. The Morgan fingerprint density at radius 3 is 2.56 bits per heavy atom. The van der Waals surface area contributed by atoms with Gasteiger partial charge in [0.05, 0.1) is 5.33 Å². The summed E-state index contributed by atoms with van der Waals surface area (Å²) in [6.45, 7) is 7.39. The van der Waals surface area contributed by atoms with Crippen LogP contribution in [-0.4, -0.2) is 28.8 Å². The molecular weight excluding hydrogens is 298 g/mol. The lowest BCUT2D eigenvalue weighted by Crippen LogP contribution is -2.48. The molecule has 0 saturated heterocycles. The smallest absolute Gasteiger partial charge is 0.407 e. The van der Waals surface area contributed by atoms with Gasteiger partial charge < -0.3 is 10.1 Å². The van der Waals surface area contributed by atoms with Gasteiger partial charge in [-0.25, -0.2) is 4.79 Å². The maximum atomic E-state index is 12.0. The number of ketones is 1. The minimum absolute atomic E-state index is 0.127. The number of alkyl halides is 1. The van der Waals surface area contributed by atoms with Crippen LogP contribution in [0.4, 0.5) is 4.79 Å². The van der Waals surface area contributed by atoms with Gasteiger partial charge in [-0.15, -0.1) is 0 Å². The molecule has 1 fully saturated rings. The third kappa shape index (κ3) is 3.70. The van der Waals surface area contributed by atoms with E-state index in [4.69, 9.17) is 4.74 Å². The van der Waals surface area contributed by atoms with E-state index in [9.17, 15) is 9.59 Å². The second kappa shape index (κ2) is 5.59. The molecule has 1 aliphatic carbocycles. The zero-order valence-electron chi connectivity index (χ0n) is 11.5. The molecule has 0 aliphatic heterocycles. The number of carbonyl (C=O) groups excluding carboxylic acids is 2. The Bertz CT molecular complexity index is 338. The fraction of sp³-hybridized carbons (Fsp3) is 0.846. The molecule has 4 nitrogen and oxygen atoms in total. The molecule has 1 rings (SSSR count). The van der Waals surface area contributed by atoms with E-state index in [1.165, 1.54) is 0 Å².